The Balaban J connectivity index is 1.56. The molecule has 28 heavy (non-hydrogen) atoms. The Hall–Kier alpha value is -2.30. The van der Waals surface area contributed by atoms with Gasteiger partial charge in [-0.3, -0.25) is 4.79 Å². The van der Waals surface area contributed by atoms with E-state index >= 15 is 0 Å². The van der Waals surface area contributed by atoms with E-state index in [1.54, 1.807) is 0 Å². The summed E-state index contributed by atoms with van der Waals surface area (Å²) in [6.07, 6.45) is 2.49. The number of fused-ring (bicyclic) bond motifs is 1. The number of unbranched alkanes of at least 4 members (excludes halogenated alkanes) is 1. The third kappa shape index (κ3) is 5.15. The van der Waals surface area contributed by atoms with Crippen LogP contribution in [0.15, 0.2) is 12.1 Å². The minimum absolute atomic E-state index is 0.0248. The van der Waals surface area contributed by atoms with Crippen molar-refractivity contribution in [2.45, 2.75) is 38.7 Å². The molecule has 1 aromatic carbocycles. The molecule has 1 amide bonds. The molecule has 2 aliphatic heterocycles. The number of carbonyl (C=O) groups excluding carboxylic acids is 1. The number of nitrogens with zero attached hydrogens (tertiary/aromatic N) is 2. The van der Waals surface area contributed by atoms with Crippen molar-refractivity contribution in [1.82, 2.24) is 10.2 Å². The summed E-state index contributed by atoms with van der Waals surface area (Å²) >= 11 is 0. The second kappa shape index (κ2) is 9.76. The molecule has 0 spiro atoms. The maximum absolute atomic E-state index is 12.8. The lowest BCUT2D eigenvalue weighted by molar-refractivity contribution is 0.0219. The maximum Gasteiger partial charge on any atom is 0.255 e. The van der Waals surface area contributed by atoms with Crippen molar-refractivity contribution in [1.29, 1.82) is 5.26 Å². The second-order valence-electron chi connectivity index (χ2n) is 7.58. The van der Waals surface area contributed by atoms with Gasteiger partial charge < -0.3 is 24.8 Å². The average molecular weight is 387 g/mol. The van der Waals surface area contributed by atoms with Gasteiger partial charge in [0.1, 0.15) is 0 Å². The Kier molecular flexibility index (Phi) is 7.12. The Morgan fingerprint density at radius 2 is 2.21 bits per heavy atom. The number of piperidine rings is 1. The van der Waals surface area contributed by atoms with Gasteiger partial charge >= 0.3 is 0 Å². The molecule has 1 saturated heterocycles. The fraction of sp³-hybridized carbons (Fsp3) is 0.619. The minimum atomic E-state index is -0.481. The summed E-state index contributed by atoms with van der Waals surface area (Å²) in [7, 11) is 0. The second-order valence-corrected chi connectivity index (χ2v) is 7.58. The quantitative estimate of drug-likeness (QED) is 0.724. The van der Waals surface area contributed by atoms with Crippen LogP contribution in [0.1, 0.15) is 41.6 Å². The number of amides is 1. The van der Waals surface area contributed by atoms with E-state index < -0.39 is 6.10 Å². The van der Waals surface area contributed by atoms with E-state index in [0.717, 1.165) is 37.9 Å². The summed E-state index contributed by atoms with van der Waals surface area (Å²) in [4.78, 5) is 15.0. The van der Waals surface area contributed by atoms with Crippen molar-refractivity contribution in [3.8, 4) is 17.6 Å². The van der Waals surface area contributed by atoms with E-state index in [0.29, 0.717) is 49.8 Å². The zero-order valence-corrected chi connectivity index (χ0v) is 16.4. The Labute approximate surface area is 166 Å². The number of aliphatic hydroxyl groups excluding tert-OH is 1. The Morgan fingerprint density at radius 3 is 3.00 bits per heavy atom. The number of carbonyl (C=O) groups is 1. The maximum atomic E-state index is 12.8. The van der Waals surface area contributed by atoms with Crippen LogP contribution in [0.3, 0.4) is 0 Å². The molecular weight excluding hydrogens is 358 g/mol. The SMILES string of the molecule is Cc1cc2c(c(C(=O)NC[C@H]3CCN(CCCC#N)C[C@H]3O)c1)OCCCO2. The first-order valence-corrected chi connectivity index (χ1v) is 10.0. The first kappa shape index (κ1) is 20.4. The molecule has 7 heteroatoms. The molecule has 1 fully saturated rings. The van der Waals surface area contributed by atoms with Crippen LogP contribution < -0.4 is 14.8 Å². The van der Waals surface area contributed by atoms with E-state index in [9.17, 15) is 9.90 Å². The van der Waals surface area contributed by atoms with Crippen molar-refractivity contribution in [3.63, 3.8) is 0 Å². The van der Waals surface area contributed by atoms with Gasteiger partial charge in [-0.2, -0.15) is 5.26 Å². The van der Waals surface area contributed by atoms with Crippen molar-refractivity contribution in [3.05, 3.63) is 23.3 Å². The number of hydrogen-bond acceptors (Lipinski definition) is 6. The topological polar surface area (TPSA) is 94.8 Å². The third-order valence-electron chi connectivity index (χ3n) is 5.33. The average Bonchev–Trinajstić information content (AvgIpc) is 2.92. The van der Waals surface area contributed by atoms with Gasteiger partial charge in [-0.15, -0.1) is 0 Å². The van der Waals surface area contributed by atoms with Gasteiger partial charge in [0.05, 0.1) is 31.0 Å². The number of ether oxygens (including phenoxy) is 2. The van der Waals surface area contributed by atoms with E-state index in [1.165, 1.54) is 0 Å². The predicted octanol–water partition coefficient (Wildman–Crippen LogP) is 1.87. The molecule has 0 aliphatic carbocycles. The number of benzene rings is 1. The number of hydrogen-bond donors (Lipinski definition) is 2. The lowest BCUT2D eigenvalue weighted by atomic mass is 9.93. The molecule has 1 aromatic rings. The molecule has 2 aliphatic rings. The lowest BCUT2D eigenvalue weighted by Gasteiger charge is -2.36. The van der Waals surface area contributed by atoms with Crippen LogP contribution in [-0.2, 0) is 0 Å². The first-order valence-electron chi connectivity index (χ1n) is 10.0. The van der Waals surface area contributed by atoms with Crippen LogP contribution >= 0.6 is 0 Å². The zero-order valence-electron chi connectivity index (χ0n) is 16.4. The molecule has 0 saturated carbocycles. The Bertz CT molecular complexity index is 731. The molecule has 2 heterocycles. The van der Waals surface area contributed by atoms with Crippen LogP contribution in [0.2, 0.25) is 0 Å². The monoisotopic (exact) mass is 387 g/mol. The molecule has 2 N–H and O–H groups in total. The molecule has 0 unspecified atom stereocenters. The van der Waals surface area contributed by atoms with Crippen LogP contribution in [-0.4, -0.2) is 61.4 Å². The molecule has 0 aromatic heterocycles. The van der Waals surface area contributed by atoms with E-state index in [1.807, 2.05) is 19.1 Å². The van der Waals surface area contributed by atoms with Crippen LogP contribution in [0, 0.1) is 24.2 Å². The summed E-state index contributed by atoms with van der Waals surface area (Å²) < 4.78 is 11.5. The first-order chi connectivity index (χ1) is 13.6. The number of rotatable bonds is 6. The number of nitrogens with one attached hydrogen (secondary N) is 1. The van der Waals surface area contributed by atoms with Gasteiger partial charge in [0.15, 0.2) is 11.5 Å². The molecule has 152 valence electrons. The van der Waals surface area contributed by atoms with Gasteiger partial charge in [0, 0.05) is 31.8 Å². The smallest absolute Gasteiger partial charge is 0.255 e. The van der Waals surface area contributed by atoms with Gasteiger partial charge in [-0.25, -0.2) is 0 Å². The summed E-state index contributed by atoms with van der Waals surface area (Å²) in [5.41, 5.74) is 1.43. The third-order valence-corrected chi connectivity index (χ3v) is 5.33. The summed E-state index contributed by atoms with van der Waals surface area (Å²) in [5, 5.41) is 22.1. The summed E-state index contributed by atoms with van der Waals surface area (Å²) in [5.74, 6) is 0.952. The van der Waals surface area contributed by atoms with Crippen molar-refractivity contribution in [2.24, 2.45) is 5.92 Å². The molecule has 0 radical (unpaired) electrons. The van der Waals surface area contributed by atoms with Crippen molar-refractivity contribution in [2.75, 3.05) is 39.4 Å². The predicted molar refractivity (Wildman–Crippen MR) is 105 cm³/mol. The highest BCUT2D eigenvalue weighted by molar-refractivity contribution is 5.98. The number of likely N-dealkylation sites (tertiary alicyclic amines) is 1. The highest BCUT2D eigenvalue weighted by atomic mass is 16.5. The normalized spacial score (nSPS) is 22.2. The molecule has 2 atom stereocenters. The molecule has 7 nitrogen and oxygen atoms in total. The molecule has 0 bridgehead atoms. The van der Waals surface area contributed by atoms with E-state index in [4.69, 9.17) is 14.7 Å². The van der Waals surface area contributed by atoms with Crippen LogP contribution in [0.25, 0.3) is 0 Å². The largest absolute Gasteiger partial charge is 0.490 e. The van der Waals surface area contributed by atoms with E-state index in [2.05, 4.69) is 16.3 Å². The Morgan fingerprint density at radius 1 is 1.39 bits per heavy atom. The fourth-order valence-electron chi connectivity index (χ4n) is 3.77. The number of nitriles is 1. The fourth-order valence-corrected chi connectivity index (χ4v) is 3.77. The highest BCUT2D eigenvalue weighted by Gasteiger charge is 2.28. The van der Waals surface area contributed by atoms with Crippen molar-refractivity contribution >= 4 is 5.91 Å². The van der Waals surface area contributed by atoms with Gasteiger partial charge in [0.25, 0.3) is 5.91 Å². The molecular formula is C21H29N3O4. The number of aryl methyl sites for hydroxylation is 1. The standard InChI is InChI=1S/C21H29N3O4/c1-15-11-17(20-19(12-15)27-9-4-10-28-20)21(26)23-13-16-5-8-24(14-18(16)25)7-3-2-6-22/h11-12,16,18,25H,2-5,7-10,13-14H2,1H3,(H,23,26)/t16-,18-/m1/s1. The highest BCUT2D eigenvalue weighted by Crippen LogP contribution is 2.34. The van der Waals surface area contributed by atoms with Crippen LogP contribution in [0.5, 0.6) is 11.5 Å². The van der Waals surface area contributed by atoms with Crippen LogP contribution in [0.4, 0.5) is 0 Å². The number of β-amino-alcohol motifs (C(OH)–C–C–N with tert-alkyl or cyclic N) is 1. The van der Waals surface area contributed by atoms with Crippen molar-refractivity contribution < 1.29 is 19.4 Å². The van der Waals surface area contributed by atoms with E-state index in [-0.39, 0.29) is 11.8 Å². The lowest BCUT2D eigenvalue weighted by Crippen LogP contribution is -2.47. The molecule has 3 rings (SSSR count). The van der Waals surface area contributed by atoms with Gasteiger partial charge in [0.2, 0.25) is 0 Å². The number of aliphatic hydroxyl groups is 1. The summed E-state index contributed by atoms with van der Waals surface area (Å²) in [6, 6.07) is 5.86. The van der Waals surface area contributed by atoms with Gasteiger partial charge in [-0.1, -0.05) is 0 Å². The summed E-state index contributed by atoms with van der Waals surface area (Å²) in [6.45, 7) is 5.75. The minimum Gasteiger partial charge on any atom is -0.490 e. The zero-order chi connectivity index (χ0) is 19.9. The van der Waals surface area contributed by atoms with Gasteiger partial charge in [-0.05, 0) is 50.6 Å².